The number of carbonyl (C=O) groups excluding carboxylic acids is 1. The second-order valence-electron chi connectivity index (χ2n) is 4.96. The van der Waals surface area contributed by atoms with Crippen molar-refractivity contribution >= 4 is 33.7 Å². The van der Waals surface area contributed by atoms with Crippen LogP contribution in [-0.2, 0) is 5.60 Å². The average Bonchev–Trinajstić information content (AvgIpc) is 2.93. The van der Waals surface area contributed by atoms with Crippen molar-refractivity contribution in [3.63, 3.8) is 0 Å². The molecule has 0 aromatic carbocycles. The summed E-state index contributed by atoms with van der Waals surface area (Å²) in [5.41, 5.74) is -0.930. The Bertz CT molecular complexity index is 564. The quantitative estimate of drug-likeness (QED) is 0.794. The van der Waals surface area contributed by atoms with Crippen LogP contribution in [0.15, 0.2) is 35.0 Å². The SMILES string of the molecule is O=C(NCC(O)(c1cccs1)C1CC1)Nc1cccs1. The predicted molar refractivity (Wildman–Crippen MR) is 82.3 cm³/mol. The molecular weight excluding hydrogens is 292 g/mol. The van der Waals surface area contributed by atoms with Crippen LogP contribution in [0.2, 0.25) is 0 Å². The Morgan fingerprint density at radius 1 is 1.30 bits per heavy atom. The molecule has 1 aliphatic rings. The zero-order valence-electron chi connectivity index (χ0n) is 10.8. The van der Waals surface area contributed by atoms with Gasteiger partial charge in [0.05, 0.1) is 11.5 Å². The molecule has 3 N–H and O–H groups in total. The fourth-order valence-corrected chi connectivity index (χ4v) is 3.76. The third kappa shape index (κ3) is 2.87. The van der Waals surface area contributed by atoms with Crippen LogP contribution >= 0.6 is 22.7 Å². The number of nitrogens with one attached hydrogen (secondary N) is 2. The molecule has 1 unspecified atom stereocenters. The van der Waals surface area contributed by atoms with Crippen molar-refractivity contribution in [2.24, 2.45) is 5.92 Å². The van der Waals surface area contributed by atoms with Crippen LogP contribution in [0.3, 0.4) is 0 Å². The van der Waals surface area contributed by atoms with E-state index in [9.17, 15) is 9.90 Å². The van der Waals surface area contributed by atoms with Gasteiger partial charge in [-0.25, -0.2) is 4.79 Å². The van der Waals surface area contributed by atoms with Gasteiger partial charge in [-0.3, -0.25) is 5.32 Å². The van der Waals surface area contributed by atoms with Crippen LogP contribution in [0.25, 0.3) is 0 Å². The molecule has 0 saturated heterocycles. The molecule has 3 rings (SSSR count). The lowest BCUT2D eigenvalue weighted by Gasteiger charge is -2.27. The number of aliphatic hydroxyl groups is 1. The first-order valence-corrected chi connectivity index (χ1v) is 8.29. The molecule has 0 aliphatic heterocycles. The van der Waals surface area contributed by atoms with E-state index in [4.69, 9.17) is 0 Å². The van der Waals surface area contributed by atoms with Crippen molar-refractivity contribution in [3.8, 4) is 0 Å². The molecule has 6 heteroatoms. The standard InChI is InChI=1S/C14H16N2O2S2/c17-13(16-12-4-2-8-20-12)15-9-14(18,10-5-6-10)11-3-1-7-19-11/h1-4,7-8,10,18H,5-6,9H2,(H2,15,16,17). The number of urea groups is 1. The highest BCUT2D eigenvalue weighted by molar-refractivity contribution is 7.14. The second kappa shape index (κ2) is 5.55. The summed E-state index contributed by atoms with van der Waals surface area (Å²) < 4.78 is 0. The average molecular weight is 308 g/mol. The molecule has 2 amide bonds. The van der Waals surface area contributed by atoms with E-state index in [1.165, 1.54) is 22.7 Å². The van der Waals surface area contributed by atoms with E-state index >= 15 is 0 Å². The van der Waals surface area contributed by atoms with Gasteiger partial charge in [-0.15, -0.1) is 22.7 Å². The summed E-state index contributed by atoms with van der Waals surface area (Å²) in [6.45, 7) is 0.245. The fraction of sp³-hybridized carbons (Fsp3) is 0.357. The molecule has 1 fully saturated rings. The predicted octanol–water partition coefficient (Wildman–Crippen LogP) is 3.23. The summed E-state index contributed by atoms with van der Waals surface area (Å²) in [6.07, 6.45) is 2.03. The van der Waals surface area contributed by atoms with Gasteiger partial charge in [0.25, 0.3) is 0 Å². The topological polar surface area (TPSA) is 61.4 Å². The van der Waals surface area contributed by atoms with Gasteiger partial charge in [0.15, 0.2) is 0 Å². The van der Waals surface area contributed by atoms with E-state index in [1.54, 1.807) is 0 Å². The summed E-state index contributed by atoms with van der Waals surface area (Å²) in [6, 6.07) is 7.31. The largest absolute Gasteiger partial charge is 0.382 e. The Kier molecular flexibility index (Phi) is 3.78. The highest BCUT2D eigenvalue weighted by Gasteiger charge is 2.45. The van der Waals surface area contributed by atoms with E-state index < -0.39 is 5.60 Å². The second-order valence-corrected chi connectivity index (χ2v) is 6.86. The first kappa shape index (κ1) is 13.6. The molecule has 1 saturated carbocycles. The monoisotopic (exact) mass is 308 g/mol. The van der Waals surface area contributed by atoms with E-state index in [-0.39, 0.29) is 18.5 Å². The number of amides is 2. The minimum atomic E-state index is -0.930. The Morgan fingerprint density at radius 2 is 2.05 bits per heavy atom. The molecule has 1 atom stereocenters. The Morgan fingerprint density at radius 3 is 2.65 bits per heavy atom. The maximum atomic E-state index is 11.8. The Balaban J connectivity index is 1.62. The number of carbonyl (C=O) groups is 1. The van der Waals surface area contributed by atoms with E-state index in [2.05, 4.69) is 10.6 Å². The van der Waals surface area contributed by atoms with E-state index in [0.717, 1.165) is 22.7 Å². The fourth-order valence-electron chi connectivity index (χ4n) is 2.24. The summed E-state index contributed by atoms with van der Waals surface area (Å²) >= 11 is 3.00. The normalized spacial score (nSPS) is 17.4. The van der Waals surface area contributed by atoms with Crippen LogP contribution in [0, 0.1) is 5.92 Å². The Hall–Kier alpha value is -1.37. The molecule has 20 heavy (non-hydrogen) atoms. The number of hydrogen-bond donors (Lipinski definition) is 3. The third-order valence-corrected chi connectivity index (χ3v) is 5.30. The van der Waals surface area contributed by atoms with Crippen LogP contribution in [-0.4, -0.2) is 17.7 Å². The van der Waals surface area contributed by atoms with Gasteiger partial charge >= 0.3 is 6.03 Å². The zero-order valence-corrected chi connectivity index (χ0v) is 12.5. The molecule has 4 nitrogen and oxygen atoms in total. The number of anilines is 1. The molecule has 2 heterocycles. The molecule has 0 spiro atoms. The lowest BCUT2D eigenvalue weighted by atomic mass is 9.96. The lowest BCUT2D eigenvalue weighted by molar-refractivity contribution is 0.0200. The summed E-state index contributed by atoms with van der Waals surface area (Å²) in [7, 11) is 0. The molecule has 1 aliphatic carbocycles. The van der Waals surface area contributed by atoms with E-state index in [1.807, 2.05) is 35.0 Å². The maximum Gasteiger partial charge on any atom is 0.319 e. The minimum Gasteiger partial charge on any atom is -0.382 e. The summed E-state index contributed by atoms with van der Waals surface area (Å²) in [5, 5.41) is 21.1. The lowest BCUT2D eigenvalue weighted by Crippen LogP contribution is -2.43. The number of hydrogen-bond acceptors (Lipinski definition) is 4. The number of rotatable bonds is 5. The minimum absolute atomic E-state index is 0.245. The van der Waals surface area contributed by atoms with Crippen LogP contribution in [0.1, 0.15) is 17.7 Å². The Labute approximate surface area is 125 Å². The zero-order chi connectivity index (χ0) is 14.0. The molecular formula is C14H16N2O2S2. The first-order valence-electron chi connectivity index (χ1n) is 6.53. The van der Waals surface area contributed by atoms with Crippen molar-refractivity contribution < 1.29 is 9.90 Å². The smallest absolute Gasteiger partial charge is 0.319 e. The van der Waals surface area contributed by atoms with Gasteiger partial charge in [0.1, 0.15) is 5.60 Å². The highest BCUT2D eigenvalue weighted by atomic mass is 32.1. The van der Waals surface area contributed by atoms with Gasteiger partial charge < -0.3 is 10.4 Å². The maximum absolute atomic E-state index is 11.8. The first-order chi connectivity index (χ1) is 9.68. The summed E-state index contributed by atoms with van der Waals surface area (Å²) in [5.74, 6) is 0.253. The van der Waals surface area contributed by atoms with Crippen LogP contribution in [0.4, 0.5) is 9.80 Å². The van der Waals surface area contributed by atoms with Gasteiger partial charge in [0.2, 0.25) is 0 Å². The number of thiophene rings is 2. The van der Waals surface area contributed by atoms with Crippen molar-refractivity contribution in [2.45, 2.75) is 18.4 Å². The molecule has 2 aromatic rings. The van der Waals surface area contributed by atoms with Crippen LogP contribution in [0.5, 0.6) is 0 Å². The van der Waals surface area contributed by atoms with Crippen molar-refractivity contribution in [2.75, 3.05) is 11.9 Å². The van der Waals surface area contributed by atoms with Crippen molar-refractivity contribution in [1.82, 2.24) is 5.32 Å². The van der Waals surface area contributed by atoms with E-state index in [0.29, 0.717) is 0 Å². The van der Waals surface area contributed by atoms with Crippen molar-refractivity contribution in [1.29, 1.82) is 0 Å². The highest BCUT2D eigenvalue weighted by Crippen LogP contribution is 2.46. The van der Waals surface area contributed by atoms with Crippen LogP contribution < -0.4 is 10.6 Å². The molecule has 0 bridgehead atoms. The van der Waals surface area contributed by atoms with Crippen molar-refractivity contribution in [3.05, 3.63) is 39.9 Å². The van der Waals surface area contributed by atoms with Gasteiger partial charge in [-0.2, -0.15) is 0 Å². The van der Waals surface area contributed by atoms with Gasteiger partial charge in [-0.1, -0.05) is 6.07 Å². The third-order valence-electron chi connectivity index (χ3n) is 3.48. The molecule has 2 aromatic heterocycles. The van der Waals surface area contributed by atoms with Gasteiger partial charge in [-0.05, 0) is 47.7 Å². The van der Waals surface area contributed by atoms with Gasteiger partial charge in [0, 0.05) is 4.88 Å². The summed E-state index contributed by atoms with van der Waals surface area (Å²) in [4.78, 5) is 12.8. The molecule has 106 valence electrons. The molecule has 0 radical (unpaired) electrons.